The molecule has 1 amide bonds. The largest absolute Gasteiger partial charge is 0.282 e. The molecule has 3 rings (SSSR count). The predicted molar refractivity (Wildman–Crippen MR) is 130 cm³/mol. The molecule has 9 heteroatoms. The summed E-state index contributed by atoms with van der Waals surface area (Å²) < 4.78 is 29.2. The molecule has 0 N–H and O–H groups in total. The number of amides is 1. The van der Waals surface area contributed by atoms with Crippen molar-refractivity contribution in [3.05, 3.63) is 78.3 Å². The third-order valence-electron chi connectivity index (χ3n) is 4.38. The highest BCUT2D eigenvalue weighted by atomic mass is 79.9. The molecule has 0 unspecified atom stereocenters. The molecular formula is C21H18Br2ClNO3S2. The van der Waals surface area contributed by atoms with E-state index in [0.717, 1.165) is 29.1 Å². The van der Waals surface area contributed by atoms with Crippen molar-refractivity contribution in [3.63, 3.8) is 0 Å². The van der Waals surface area contributed by atoms with Gasteiger partial charge in [0.25, 0.3) is 15.9 Å². The molecule has 30 heavy (non-hydrogen) atoms. The van der Waals surface area contributed by atoms with Gasteiger partial charge < -0.3 is 0 Å². The van der Waals surface area contributed by atoms with Gasteiger partial charge in [0.1, 0.15) is 0 Å². The van der Waals surface area contributed by atoms with Crippen molar-refractivity contribution >= 4 is 76.4 Å². The molecule has 0 atom stereocenters. The molecular weight excluding hydrogens is 574 g/mol. The Morgan fingerprint density at radius 3 is 2.23 bits per heavy atom. The summed E-state index contributed by atoms with van der Waals surface area (Å²) >= 11 is 13.8. The lowest BCUT2D eigenvalue weighted by Gasteiger charge is -2.22. The summed E-state index contributed by atoms with van der Waals surface area (Å²) in [6.45, 7) is 2.12. The van der Waals surface area contributed by atoms with Crippen LogP contribution in [0.2, 0.25) is 5.02 Å². The van der Waals surface area contributed by atoms with Crippen LogP contribution in [0.4, 0.5) is 5.69 Å². The van der Waals surface area contributed by atoms with Crippen LogP contribution in [0.1, 0.15) is 35.0 Å². The smallest absolute Gasteiger partial charge is 0.267 e. The van der Waals surface area contributed by atoms with Gasteiger partial charge in [-0.2, -0.15) is 4.31 Å². The summed E-state index contributed by atoms with van der Waals surface area (Å²) in [5, 5.41) is 0.415. The van der Waals surface area contributed by atoms with Gasteiger partial charge in [-0.1, -0.05) is 37.1 Å². The molecule has 0 aliphatic rings. The zero-order chi connectivity index (χ0) is 21.9. The minimum absolute atomic E-state index is 0.00926. The summed E-state index contributed by atoms with van der Waals surface area (Å²) in [6, 6.07) is 14.5. The van der Waals surface area contributed by atoms with Crippen molar-refractivity contribution in [2.45, 2.75) is 31.1 Å². The Bertz CT molecular complexity index is 1120. The summed E-state index contributed by atoms with van der Waals surface area (Å²) in [7, 11) is -4.15. The van der Waals surface area contributed by atoms with E-state index < -0.39 is 15.9 Å². The monoisotopic (exact) mass is 589 g/mol. The molecule has 0 aliphatic carbocycles. The lowest BCUT2D eigenvalue weighted by molar-refractivity contribution is 0.101. The first kappa shape index (κ1) is 23.5. The number of nitrogens with zero attached hydrogens (tertiary/aromatic N) is 1. The van der Waals surface area contributed by atoms with Crippen LogP contribution in [-0.4, -0.2) is 14.3 Å². The van der Waals surface area contributed by atoms with Crippen LogP contribution in [0.15, 0.2) is 67.8 Å². The van der Waals surface area contributed by atoms with Crippen molar-refractivity contribution in [3.8, 4) is 0 Å². The van der Waals surface area contributed by atoms with Gasteiger partial charge in [0.05, 0.1) is 19.2 Å². The maximum Gasteiger partial charge on any atom is 0.282 e. The van der Waals surface area contributed by atoms with Gasteiger partial charge in [0.2, 0.25) is 0 Å². The highest BCUT2D eigenvalue weighted by Crippen LogP contribution is 2.35. The first-order valence-electron chi connectivity index (χ1n) is 9.13. The Morgan fingerprint density at radius 1 is 1.07 bits per heavy atom. The van der Waals surface area contributed by atoms with E-state index in [2.05, 4.69) is 38.8 Å². The SMILES string of the molecule is CCCCc1ccc(N(C(=O)c2cc(Br)c(Br)s2)S(=O)(=O)c2ccc(Cl)cc2)cc1. The van der Waals surface area contributed by atoms with Crippen molar-refractivity contribution in [2.24, 2.45) is 0 Å². The lowest BCUT2D eigenvalue weighted by atomic mass is 10.1. The molecule has 0 spiro atoms. The van der Waals surface area contributed by atoms with E-state index >= 15 is 0 Å². The van der Waals surface area contributed by atoms with Crippen LogP contribution in [0.5, 0.6) is 0 Å². The van der Waals surface area contributed by atoms with Gasteiger partial charge in [-0.15, -0.1) is 11.3 Å². The number of thiophene rings is 1. The second kappa shape index (κ2) is 9.96. The van der Waals surface area contributed by atoms with Crippen LogP contribution >= 0.6 is 54.8 Å². The Hall–Kier alpha value is -1.19. The Balaban J connectivity index is 2.08. The fourth-order valence-electron chi connectivity index (χ4n) is 2.81. The molecule has 158 valence electrons. The maximum absolute atomic E-state index is 13.5. The van der Waals surface area contributed by atoms with Gasteiger partial charge in [-0.05, 0) is 92.7 Å². The van der Waals surface area contributed by atoms with E-state index in [9.17, 15) is 13.2 Å². The normalized spacial score (nSPS) is 11.5. The quantitative estimate of drug-likeness (QED) is 0.290. The first-order valence-corrected chi connectivity index (χ1v) is 13.3. The van der Waals surface area contributed by atoms with Crippen LogP contribution in [0.25, 0.3) is 0 Å². The molecule has 0 aliphatic heterocycles. The molecule has 4 nitrogen and oxygen atoms in total. The van der Waals surface area contributed by atoms with E-state index in [0.29, 0.717) is 18.2 Å². The zero-order valence-corrected chi connectivity index (χ0v) is 21.5. The average Bonchev–Trinajstić information content (AvgIpc) is 3.06. The third-order valence-corrected chi connectivity index (χ3v) is 9.60. The van der Waals surface area contributed by atoms with E-state index in [-0.39, 0.29) is 10.6 Å². The predicted octanol–water partition coefficient (Wildman–Crippen LogP) is 7.30. The highest BCUT2D eigenvalue weighted by Gasteiger charge is 2.33. The Morgan fingerprint density at radius 2 is 1.70 bits per heavy atom. The third kappa shape index (κ3) is 5.16. The van der Waals surface area contributed by atoms with Crippen LogP contribution < -0.4 is 4.31 Å². The van der Waals surface area contributed by atoms with E-state index in [1.807, 2.05) is 12.1 Å². The van der Waals surface area contributed by atoms with E-state index in [1.54, 1.807) is 18.2 Å². The van der Waals surface area contributed by atoms with Crippen molar-refractivity contribution in [2.75, 3.05) is 4.31 Å². The number of hydrogen-bond acceptors (Lipinski definition) is 4. The Labute approximate surface area is 202 Å². The van der Waals surface area contributed by atoms with Gasteiger partial charge >= 0.3 is 0 Å². The molecule has 0 fully saturated rings. The number of carbonyl (C=O) groups is 1. The number of sulfonamides is 1. The number of hydrogen-bond donors (Lipinski definition) is 0. The van der Waals surface area contributed by atoms with E-state index in [1.165, 1.54) is 35.6 Å². The zero-order valence-electron chi connectivity index (χ0n) is 15.9. The summed E-state index contributed by atoms with van der Waals surface area (Å²) in [4.78, 5) is 13.6. The number of aryl methyl sites for hydroxylation is 1. The number of anilines is 1. The number of carbonyl (C=O) groups excluding carboxylic acids is 1. The van der Waals surface area contributed by atoms with Gasteiger partial charge in [0, 0.05) is 9.50 Å². The van der Waals surface area contributed by atoms with E-state index in [4.69, 9.17) is 11.6 Å². The highest BCUT2D eigenvalue weighted by molar-refractivity contribution is 9.13. The van der Waals surface area contributed by atoms with Crippen molar-refractivity contribution in [1.29, 1.82) is 0 Å². The van der Waals surface area contributed by atoms with Crippen molar-refractivity contribution < 1.29 is 13.2 Å². The second-order valence-corrected chi connectivity index (χ2v) is 12.0. The minimum atomic E-state index is -4.15. The Kier molecular flexibility index (Phi) is 7.79. The lowest BCUT2D eigenvalue weighted by Crippen LogP contribution is -2.36. The number of halogens is 3. The first-order chi connectivity index (χ1) is 14.2. The van der Waals surface area contributed by atoms with Crippen LogP contribution in [-0.2, 0) is 16.4 Å². The standard InChI is InChI=1S/C21H18Br2ClNO3S2/c1-2-3-4-14-5-9-16(10-6-14)25(21(26)19-13-18(22)20(23)29-19)30(27,28)17-11-7-15(24)8-12-17/h5-13H,2-4H2,1H3. The molecule has 0 saturated heterocycles. The second-order valence-electron chi connectivity index (χ2n) is 6.53. The van der Waals surface area contributed by atoms with Crippen LogP contribution in [0.3, 0.4) is 0 Å². The summed E-state index contributed by atoms with van der Waals surface area (Å²) in [6.07, 6.45) is 3.02. The fraction of sp³-hybridized carbons (Fsp3) is 0.190. The molecule has 0 radical (unpaired) electrons. The average molecular weight is 592 g/mol. The molecule has 1 heterocycles. The van der Waals surface area contributed by atoms with Gasteiger partial charge in [-0.25, -0.2) is 8.42 Å². The minimum Gasteiger partial charge on any atom is -0.267 e. The molecule has 1 aromatic heterocycles. The van der Waals surface area contributed by atoms with Gasteiger partial charge in [0.15, 0.2) is 0 Å². The topological polar surface area (TPSA) is 54.5 Å². The number of benzene rings is 2. The molecule has 0 bridgehead atoms. The van der Waals surface area contributed by atoms with Crippen molar-refractivity contribution in [1.82, 2.24) is 0 Å². The number of rotatable bonds is 7. The van der Waals surface area contributed by atoms with Gasteiger partial charge in [-0.3, -0.25) is 4.79 Å². The molecule has 0 saturated carbocycles. The fourth-order valence-corrected chi connectivity index (χ4v) is 6.36. The van der Waals surface area contributed by atoms with Crippen LogP contribution in [0, 0.1) is 0 Å². The summed E-state index contributed by atoms with van der Waals surface area (Å²) in [5.74, 6) is -0.623. The molecule has 3 aromatic rings. The summed E-state index contributed by atoms with van der Waals surface area (Å²) in [5.41, 5.74) is 1.38. The maximum atomic E-state index is 13.5. The number of unbranched alkanes of at least 4 members (excludes halogenated alkanes) is 1. The molecule has 2 aromatic carbocycles.